The van der Waals surface area contributed by atoms with Gasteiger partial charge in [-0.2, -0.15) is 0 Å². The Hall–Kier alpha value is -3.06. The lowest BCUT2D eigenvalue weighted by molar-refractivity contribution is -0.114. The molecule has 0 radical (unpaired) electrons. The smallest absolute Gasteiger partial charge is 0.314 e. The molecule has 0 spiro atoms. The van der Waals surface area contributed by atoms with E-state index in [1.165, 1.54) is 12.5 Å². The summed E-state index contributed by atoms with van der Waals surface area (Å²) in [5.41, 5.74) is 3.04. The third-order valence-electron chi connectivity index (χ3n) is 4.35. The molecule has 3 amide bonds. The van der Waals surface area contributed by atoms with Gasteiger partial charge in [-0.3, -0.25) is 4.79 Å². The van der Waals surface area contributed by atoms with Crippen molar-refractivity contribution < 1.29 is 14.3 Å². The van der Waals surface area contributed by atoms with E-state index in [0.717, 1.165) is 5.56 Å². The third kappa shape index (κ3) is 7.83. The Bertz CT molecular complexity index is 806. The van der Waals surface area contributed by atoms with E-state index in [2.05, 4.69) is 52.0 Å². The average molecular weight is 399 g/mol. The van der Waals surface area contributed by atoms with Gasteiger partial charge >= 0.3 is 6.03 Å². The highest BCUT2D eigenvalue weighted by molar-refractivity contribution is 5.88. The second-order valence-corrected chi connectivity index (χ2v) is 7.08. The summed E-state index contributed by atoms with van der Waals surface area (Å²) in [4.78, 5) is 25.3. The van der Waals surface area contributed by atoms with Crippen molar-refractivity contribution in [2.24, 2.45) is 0 Å². The largest absolute Gasteiger partial charge is 0.492 e. The van der Waals surface area contributed by atoms with Gasteiger partial charge in [-0.15, -0.1) is 0 Å². The average Bonchev–Trinajstić information content (AvgIpc) is 2.66. The number of anilines is 1. The van der Waals surface area contributed by atoms with Crippen LogP contribution in [0.15, 0.2) is 48.5 Å². The maximum atomic E-state index is 12.1. The highest BCUT2D eigenvalue weighted by Gasteiger charge is 2.15. The summed E-state index contributed by atoms with van der Waals surface area (Å²) in [6.45, 7) is 4.70. The van der Waals surface area contributed by atoms with Crippen LogP contribution in [0.4, 0.5) is 10.5 Å². The number of urea groups is 1. The zero-order chi connectivity index (χ0) is 21.2. The molecule has 7 nitrogen and oxygen atoms in total. The minimum Gasteiger partial charge on any atom is -0.492 e. The summed E-state index contributed by atoms with van der Waals surface area (Å²) in [5.74, 6) is 0.493. The molecule has 7 heteroatoms. The van der Waals surface area contributed by atoms with Crippen molar-refractivity contribution in [1.29, 1.82) is 0 Å². The van der Waals surface area contributed by atoms with Gasteiger partial charge in [0, 0.05) is 25.2 Å². The molecular weight excluding hydrogens is 368 g/mol. The molecule has 1 unspecified atom stereocenters. The lowest BCUT2D eigenvalue weighted by Gasteiger charge is -2.25. The number of aryl methyl sites for hydroxylation is 1. The molecule has 2 rings (SSSR count). The van der Waals surface area contributed by atoms with Crippen molar-refractivity contribution in [3.63, 3.8) is 0 Å². The summed E-state index contributed by atoms with van der Waals surface area (Å²) in [7, 11) is 3.99. The van der Waals surface area contributed by atoms with E-state index in [1.807, 2.05) is 14.1 Å². The Morgan fingerprint density at radius 3 is 2.45 bits per heavy atom. The van der Waals surface area contributed by atoms with Crippen LogP contribution in [0.3, 0.4) is 0 Å². The zero-order valence-corrected chi connectivity index (χ0v) is 17.5. The van der Waals surface area contributed by atoms with Crippen LogP contribution in [0.2, 0.25) is 0 Å². The van der Waals surface area contributed by atoms with Gasteiger partial charge in [0.05, 0.1) is 12.6 Å². The SMILES string of the molecule is CC(=O)Nc1cccc(OCCNC(=O)NCC(c2ccc(C)cc2)N(C)C)c1. The number of ether oxygens (including phenoxy) is 1. The number of likely N-dealkylation sites (N-methyl/N-ethyl adjacent to an activating group) is 1. The Kier molecular flexibility index (Phi) is 8.48. The Balaban J connectivity index is 1.74. The summed E-state index contributed by atoms with van der Waals surface area (Å²) < 4.78 is 5.62. The van der Waals surface area contributed by atoms with E-state index in [-0.39, 0.29) is 18.0 Å². The molecular formula is C22H30N4O3. The number of rotatable bonds is 9. The lowest BCUT2D eigenvalue weighted by Crippen LogP contribution is -2.41. The quantitative estimate of drug-likeness (QED) is 0.567. The molecule has 0 aromatic heterocycles. The standard InChI is InChI=1S/C22H30N4O3/c1-16-8-10-18(11-9-16)21(26(3)4)15-24-22(28)23-12-13-29-20-7-5-6-19(14-20)25-17(2)27/h5-11,14,21H,12-13,15H2,1-4H3,(H,25,27)(H2,23,24,28). The fourth-order valence-electron chi connectivity index (χ4n) is 2.84. The van der Waals surface area contributed by atoms with Crippen LogP contribution in [0.25, 0.3) is 0 Å². The number of nitrogens with one attached hydrogen (secondary N) is 3. The number of amides is 3. The first-order chi connectivity index (χ1) is 13.8. The van der Waals surface area contributed by atoms with Crippen molar-refractivity contribution in [3.8, 4) is 5.75 Å². The van der Waals surface area contributed by atoms with Crippen LogP contribution in [0, 0.1) is 6.92 Å². The summed E-state index contributed by atoms with van der Waals surface area (Å²) in [6, 6.07) is 15.3. The van der Waals surface area contributed by atoms with Crippen LogP contribution in [-0.4, -0.2) is 50.6 Å². The second kappa shape index (κ2) is 11.1. The van der Waals surface area contributed by atoms with E-state index in [0.29, 0.717) is 31.1 Å². The molecule has 2 aromatic carbocycles. The molecule has 0 aliphatic heterocycles. The molecule has 0 bridgehead atoms. The van der Waals surface area contributed by atoms with Gasteiger partial charge in [0.2, 0.25) is 5.91 Å². The predicted molar refractivity (Wildman–Crippen MR) is 115 cm³/mol. The molecule has 29 heavy (non-hydrogen) atoms. The van der Waals surface area contributed by atoms with Crippen molar-refractivity contribution in [2.75, 3.05) is 39.1 Å². The van der Waals surface area contributed by atoms with Crippen molar-refractivity contribution in [2.45, 2.75) is 19.9 Å². The third-order valence-corrected chi connectivity index (χ3v) is 4.35. The maximum Gasteiger partial charge on any atom is 0.314 e. The molecule has 2 aromatic rings. The zero-order valence-electron chi connectivity index (χ0n) is 17.5. The van der Waals surface area contributed by atoms with Gasteiger partial charge in [-0.1, -0.05) is 35.9 Å². The molecule has 1 atom stereocenters. The van der Waals surface area contributed by atoms with E-state index in [9.17, 15) is 9.59 Å². The van der Waals surface area contributed by atoms with Crippen LogP contribution >= 0.6 is 0 Å². The molecule has 3 N–H and O–H groups in total. The summed E-state index contributed by atoms with van der Waals surface area (Å²) in [5, 5.41) is 8.41. The molecule has 0 saturated heterocycles. The highest BCUT2D eigenvalue weighted by Crippen LogP contribution is 2.18. The topological polar surface area (TPSA) is 82.7 Å². The van der Waals surface area contributed by atoms with Crippen LogP contribution in [0.5, 0.6) is 5.75 Å². The maximum absolute atomic E-state index is 12.1. The van der Waals surface area contributed by atoms with Crippen molar-refractivity contribution in [1.82, 2.24) is 15.5 Å². The first kappa shape index (κ1) is 22.2. The monoisotopic (exact) mass is 398 g/mol. The second-order valence-electron chi connectivity index (χ2n) is 7.08. The van der Waals surface area contributed by atoms with E-state index >= 15 is 0 Å². The first-order valence-electron chi connectivity index (χ1n) is 9.60. The number of carbonyl (C=O) groups excluding carboxylic acids is 2. The number of nitrogens with zero attached hydrogens (tertiary/aromatic N) is 1. The molecule has 0 saturated carbocycles. The van der Waals surface area contributed by atoms with Crippen molar-refractivity contribution >= 4 is 17.6 Å². The van der Waals surface area contributed by atoms with Crippen LogP contribution in [0.1, 0.15) is 24.1 Å². The fraction of sp³-hybridized carbons (Fsp3) is 0.364. The minimum atomic E-state index is -0.237. The van der Waals surface area contributed by atoms with Gasteiger partial charge in [0.1, 0.15) is 12.4 Å². The van der Waals surface area contributed by atoms with E-state index < -0.39 is 0 Å². The van der Waals surface area contributed by atoms with Gasteiger partial charge in [-0.25, -0.2) is 4.79 Å². The molecule has 0 aliphatic rings. The van der Waals surface area contributed by atoms with Gasteiger partial charge in [-0.05, 0) is 38.7 Å². The number of benzene rings is 2. The molecule has 156 valence electrons. The van der Waals surface area contributed by atoms with Gasteiger partial charge < -0.3 is 25.6 Å². The number of carbonyl (C=O) groups is 2. The van der Waals surface area contributed by atoms with Crippen LogP contribution in [-0.2, 0) is 4.79 Å². The Morgan fingerprint density at radius 2 is 1.79 bits per heavy atom. The fourth-order valence-corrected chi connectivity index (χ4v) is 2.84. The van der Waals surface area contributed by atoms with E-state index in [4.69, 9.17) is 4.74 Å². The summed E-state index contributed by atoms with van der Waals surface area (Å²) in [6.07, 6.45) is 0. The Morgan fingerprint density at radius 1 is 1.07 bits per heavy atom. The minimum absolute atomic E-state index is 0.0918. The first-order valence-corrected chi connectivity index (χ1v) is 9.60. The Labute approximate surface area is 172 Å². The molecule has 0 heterocycles. The lowest BCUT2D eigenvalue weighted by atomic mass is 10.0. The number of hydrogen-bond donors (Lipinski definition) is 3. The van der Waals surface area contributed by atoms with Crippen molar-refractivity contribution in [3.05, 3.63) is 59.7 Å². The molecule has 0 fully saturated rings. The molecule has 0 aliphatic carbocycles. The van der Waals surface area contributed by atoms with Gasteiger partial charge in [0.25, 0.3) is 0 Å². The van der Waals surface area contributed by atoms with E-state index in [1.54, 1.807) is 24.3 Å². The van der Waals surface area contributed by atoms with Gasteiger partial charge in [0.15, 0.2) is 0 Å². The van der Waals surface area contributed by atoms with Crippen LogP contribution < -0.4 is 20.7 Å². The predicted octanol–water partition coefficient (Wildman–Crippen LogP) is 2.93. The highest BCUT2D eigenvalue weighted by atomic mass is 16.5. The number of hydrogen-bond acceptors (Lipinski definition) is 4. The summed E-state index contributed by atoms with van der Waals surface area (Å²) >= 11 is 0. The normalized spacial score (nSPS) is 11.6.